The number of methoxy groups -OCH3 is 1. The highest BCUT2D eigenvalue weighted by molar-refractivity contribution is 7.90. The van der Waals surface area contributed by atoms with Gasteiger partial charge in [0.1, 0.15) is 4.90 Å². The van der Waals surface area contributed by atoms with Gasteiger partial charge in [-0.2, -0.15) is 0 Å². The number of hydrogen-bond donors (Lipinski definition) is 0. The molecule has 4 rings (SSSR count). The summed E-state index contributed by atoms with van der Waals surface area (Å²) < 4.78 is 44.3. The third kappa shape index (κ3) is 2.65. The Labute approximate surface area is 161 Å². The van der Waals surface area contributed by atoms with Crippen molar-refractivity contribution in [2.24, 2.45) is 0 Å². The fourth-order valence-corrected chi connectivity index (χ4v) is 4.86. The molecule has 146 valence electrons. The Bertz CT molecular complexity index is 1130. The first-order chi connectivity index (χ1) is 13.2. The first-order valence-electron chi connectivity index (χ1n) is 8.56. The quantitative estimate of drug-likeness (QED) is 0.762. The van der Waals surface area contributed by atoms with Crippen molar-refractivity contribution in [3.8, 4) is 5.75 Å². The number of nitrogens with zero attached hydrogens (tertiary/aromatic N) is 2. The van der Waals surface area contributed by atoms with E-state index in [2.05, 4.69) is 0 Å². The largest absolute Gasteiger partial charge is 0.494 e. The monoisotopic (exact) mass is 404 g/mol. The molecule has 2 aliphatic heterocycles. The predicted molar refractivity (Wildman–Crippen MR) is 97.1 cm³/mol. The van der Waals surface area contributed by atoms with Crippen LogP contribution in [0.15, 0.2) is 35.2 Å². The highest BCUT2D eigenvalue weighted by Gasteiger charge is 2.39. The molecule has 2 aromatic rings. The molecular formula is C19H17FN2O5S. The number of sulfonamides is 1. The van der Waals surface area contributed by atoms with E-state index in [1.54, 1.807) is 6.07 Å². The number of halogens is 1. The molecule has 2 heterocycles. The van der Waals surface area contributed by atoms with E-state index in [9.17, 15) is 22.4 Å². The van der Waals surface area contributed by atoms with Crippen molar-refractivity contribution in [3.05, 3.63) is 58.4 Å². The van der Waals surface area contributed by atoms with Gasteiger partial charge in [-0.3, -0.25) is 9.59 Å². The van der Waals surface area contributed by atoms with Crippen LogP contribution in [0.4, 0.5) is 4.39 Å². The Balaban J connectivity index is 1.64. The van der Waals surface area contributed by atoms with Gasteiger partial charge in [0, 0.05) is 25.7 Å². The molecule has 0 atom stereocenters. The Kier molecular flexibility index (Phi) is 4.15. The van der Waals surface area contributed by atoms with Gasteiger partial charge in [0.05, 0.1) is 12.7 Å². The lowest BCUT2D eigenvalue weighted by molar-refractivity contribution is 0.0733. The van der Waals surface area contributed by atoms with E-state index in [0.29, 0.717) is 22.8 Å². The number of carbonyl (C=O) groups is 2. The van der Waals surface area contributed by atoms with Gasteiger partial charge in [-0.15, -0.1) is 0 Å². The molecule has 0 spiro atoms. The van der Waals surface area contributed by atoms with Crippen LogP contribution >= 0.6 is 0 Å². The fraction of sp³-hybridized carbons (Fsp3) is 0.263. The van der Waals surface area contributed by atoms with Gasteiger partial charge in [0.2, 0.25) is 0 Å². The summed E-state index contributed by atoms with van der Waals surface area (Å²) in [6.07, 6.45) is 0.530. The van der Waals surface area contributed by atoms with Gasteiger partial charge in [-0.05, 0) is 47.9 Å². The zero-order valence-corrected chi connectivity index (χ0v) is 16.0. The lowest BCUT2D eigenvalue weighted by Gasteiger charge is -2.29. The molecule has 0 aliphatic carbocycles. The summed E-state index contributed by atoms with van der Waals surface area (Å²) in [5.41, 5.74) is 1.81. The molecule has 0 N–H and O–H groups in total. The van der Waals surface area contributed by atoms with Gasteiger partial charge < -0.3 is 9.64 Å². The summed E-state index contributed by atoms with van der Waals surface area (Å²) in [6.45, 7) is 0.612. The van der Waals surface area contributed by atoms with Gasteiger partial charge in [-0.1, -0.05) is 0 Å². The fourth-order valence-electron chi connectivity index (χ4n) is 3.54. The SMILES string of the molecule is COc1cc2c(cc1F)CN(C(=O)c1ccc3c(c1)S(=O)(=O)N(C)C3=O)CC2. The normalized spacial score (nSPS) is 17.3. The predicted octanol–water partition coefficient (Wildman–Crippen LogP) is 1.81. The van der Waals surface area contributed by atoms with Crippen molar-refractivity contribution in [2.45, 2.75) is 17.9 Å². The topological polar surface area (TPSA) is 84.0 Å². The number of fused-ring (bicyclic) bond motifs is 2. The minimum atomic E-state index is -3.93. The average molecular weight is 404 g/mol. The van der Waals surface area contributed by atoms with Crippen molar-refractivity contribution in [2.75, 3.05) is 20.7 Å². The highest BCUT2D eigenvalue weighted by Crippen LogP contribution is 2.31. The molecule has 0 unspecified atom stereocenters. The molecule has 28 heavy (non-hydrogen) atoms. The van der Waals surface area contributed by atoms with Crippen molar-refractivity contribution < 1.29 is 27.1 Å². The zero-order valence-electron chi connectivity index (χ0n) is 15.2. The van der Waals surface area contributed by atoms with Crippen LogP contribution in [0.25, 0.3) is 0 Å². The molecule has 0 saturated carbocycles. The van der Waals surface area contributed by atoms with Gasteiger partial charge in [0.15, 0.2) is 11.6 Å². The second kappa shape index (κ2) is 6.30. The van der Waals surface area contributed by atoms with Crippen molar-refractivity contribution in [1.82, 2.24) is 9.21 Å². The molecule has 0 bridgehead atoms. The first kappa shape index (κ1) is 18.4. The molecular weight excluding hydrogens is 387 g/mol. The van der Waals surface area contributed by atoms with E-state index in [1.807, 2.05) is 0 Å². The van der Waals surface area contributed by atoms with Gasteiger partial charge in [-0.25, -0.2) is 17.1 Å². The van der Waals surface area contributed by atoms with Crippen LogP contribution in [-0.4, -0.2) is 50.1 Å². The van der Waals surface area contributed by atoms with E-state index in [4.69, 9.17) is 4.74 Å². The van der Waals surface area contributed by atoms with Crippen molar-refractivity contribution >= 4 is 21.8 Å². The van der Waals surface area contributed by atoms with Crippen LogP contribution < -0.4 is 4.74 Å². The van der Waals surface area contributed by atoms with E-state index in [0.717, 1.165) is 5.56 Å². The summed E-state index contributed by atoms with van der Waals surface area (Å²) in [5.74, 6) is -1.33. The Hall–Kier alpha value is -2.94. The minimum Gasteiger partial charge on any atom is -0.494 e. The maximum absolute atomic E-state index is 14.0. The second-order valence-corrected chi connectivity index (χ2v) is 8.66. The third-order valence-corrected chi connectivity index (χ3v) is 6.94. The van der Waals surface area contributed by atoms with Crippen LogP contribution in [0.2, 0.25) is 0 Å². The number of amides is 2. The van der Waals surface area contributed by atoms with Crippen LogP contribution in [0.3, 0.4) is 0 Å². The van der Waals surface area contributed by atoms with Crippen LogP contribution in [0.5, 0.6) is 5.75 Å². The molecule has 0 saturated heterocycles. The molecule has 0 radical (unpaired) electrons. The van der Waals surface area contributed by atoms with Crippen molar-refractivity contribution in [3.63, 3.8) is 0 Å². The average Bonchev–Trinajstić information content (AvgIpc) is 2.86. The summed E-state index contributed by atoms with van der Waals surface area (Å²) in [7, 11) is -1.35. The Morgan fingerprint density at radius 3 is 2.64 bits per heavy atom. The molecule has 0 aromatic heterocycles. The molecule has 9 heteroatoms. The second-order valence-electron chi connectivity index (χ2n) is 6.72. The lowest BCUT2D eigenvalue weighted by Crippen LogP contribution is -2.36. The number of benzene rings is 2. The Morgan fingerprint density at radius 2 is 1.93 bits per heavy atom. The van der Waals surface area contributed by atoms with Gasteiger partial charge in [0.25, 0.3) is 21.8 Å². The summed E-state index contributed by atoms with van der Waals surface area (Å²) >= 11 is 0. The molecule has 2 amide bonds. The summed E-state index contributed by atoms with van der Waals surface area (Å²) in [6, 6.07) is 7.02. The first-order valence-corrected chi connectivity index (χ1v) is 10.00. The van der Waals surface area contributed by atoms with Crippen LogP contribution in [-0.2, 0) is 23.0 Å². The van der Waals surface area contributed by atoms with E-state index in [-0.39, 0.29) is 34.2 Å². The maximum atomic E-state index is 14.0. The van der Waals surface area contributed by atoms with E-state index in [1.165, 1.54) is 43.3 Å². The lowest BCUT2D eigenvalue weighted by atomic mass is 9.98. The standard InChI is InChI=1S/C19H17FN2O5S/c1-21-19(24)14-4-3-12(9-17(14)28(21,25)26)18(23)22-6-5-11-8-16(27-2)15(20)7-13(11)10-22/h3-4,7-9H,5-6,10H2,1-2H3. The minimum absolute atomic E-state index is 0.0530. The zero-order chi connectivity index (χ0) is 20.2. The molecule has 7 nitrogen and oxygen atoms in total. The summed E-state index contributed by atoms with van der Waals surface area (Å²) in [4.78, 5) is 26.3. The van der Waals surface area contributed by atoms with Crippen LogP contribution in [0.1, 0.15) is 31.8 Å². The summed E-state index contributed by atoms with van der Waals surface area (Å²) in [5, 5.41) is 0. The smallest absolute Gasteiger partial charge is 0.268 e. The number of rotatable bonds is 2. The molecule has 2 aromatic carbocycles. The maximum Gasteiger partial charge on any atom is 0.268 e. The van der Waals surface area contributed by atoms with E-state index < -0.39 is 21.7 Å². The third-order valence-electron chi connectivity index (χ3n) is 5.16. The molecule has 2 aliphatic rings. The molecule has 0 fully saturated rings. The number of ether oxygens (including phenoxy) is 1. The van der Waals surface area contributed by atoms with Gasteiger partial charge >= 0.3 is 0 Å². The van der Waals surface area contributed by atoms with Crippen molar-refractivity contribution in [1.29, 1.82) is 0 Å². The number of carbonyl (C=O) groups excluding carboxylic acids is 2. The Morgan fingerprint density at radius 1 is 1.18 bits per heavy atom. The highest BCUT2D eigenvalue weighted by atomic mass is 32.2. The number of hydrogen-bond acceptors (Lipinski definition) is 5. The van der Waals surface area contributed by atoms with Crippen LogP contribution in [0, 0.1) is 5.82 Å². The van der Waals surface area contributed by atoms with E-state index >= 15 is 0 Å².